The van der Waals surface area contributed by atoms with Gasteiger partial charge in [0, 0.05) is 37.3 Å². The minimum atomic E-state index is -0.422. The monoisotopic (exact) mass is 265 g/mol. The van der Waals surface area contributed by atoms with Crippen LogP contribution in [0.5, 0.6) is 0 Å². The minimum absolute atomic E-state index is 0.00825. The van der Waals surface area contributed by atoms with Crippen molar-refractivity contribution in [1.29, 1.82) is 0 Å². The summed E-state index contributed by atoms with van der Waals surface area (Å²) in [7, 11) is 0. The third-order valence-corrected chi connectivity index (χ3v) is 2.66. The maximum Gasteiger partial charge on any atom is 0.269 e. The summed E-state index contributed by atoms with van der Waals surface area (Å²) in [6.45, 7) is 4.99. The highest BCUT2D eigenvalue weighted by Crippen LogP contribution is 2.20. The molecule has 0 fully saturated rings. The van der Waals surface area contributed by atoms with Gasteiger partial charge in [-0.1, -0.05) is 6.92 Å². The highest BCUT2D eigenvalue weighted by molar-refractivity contribution is 5.76. The fourth-order valence-electron chi connectivity index (χ4n) is 1.62. The van der Waals surface area contributed by atoms with Gasteiger partial charge in [0.25, 0.3) is 5.69 Å². The van der Waals surface area contributed by atoms with Gasteiger partial charge in [0.2, 0.25) is 5.91 Å². The molecular weight excluding hydrogens is 246 g/mol. The fourth-order valence-corrected chi connectivity index (χ4v) is 1.62. The van der Waals surface area contributed by atoms with E-state index in [1.807, 2.05) is 6.92 Å². The van der Waals surface area contributed by atoms with E-state index in [0.717, 1.165) is 17.7 Å². The van der Waals surface area contributed by atoms with Crippen LogP contribution in [0, 0.1) is 17.0 Å². The van der Waals surface area contributed by atoms with Gasteiger partial charge < -0.3 is 10.6 Å². The molecule has 0 aliphatic heterocycles. The molecule has 104 valence electrons. The van der Waals surface area contributed by atoms with E-state index in [2.05, 4.69) is 10.6 Å². The Kier molecular flexibility index (Phi) is 5.78. The molecule has 1 amide bonds. The van der Waals surface area contributed by atoms with Gasteiger partial charge in [0.1, 0.15) is 0 Å². The van der Waals surface area contributed by atoms with Crippen LogP contribution in [-0.4, -0.2) is 23.9 Å². The number of nitrogens with zero attached hydrogens (tertiary/aromatic N) is 1. The van der Waals surface area contributed by atoms with Crippen molar-refractivity contribution in [3.05, 3.63) is 33.9 Å². The minimum Gasteiger partial charge on any atom is -0.384 e. The van der Waals surface area contributed by atoms with Crippen molar-refractivity contribution in [1.82, 2.24) is 5.32 Å². The first kappa shape index (κ1) is 14.9. The number of nitro groups is 1. The molecule has 0 aliphatic rings. The zero-order valence-electron chi connectivity index (χ0n) is 11.2. The number of nitrogens with one attached hydrogen (secondary N) is 2. The number of non-ortho nitro benzene ring substituents is 1. The van der Waals surface area contributed by atoms with E-state index in [9.17, 15) is 14.9 Å². The molecule has 0 radical (unpaired) electrons. The van der Waals surface area contributed by atoms with Crippen LogP contribution in [0.15, 0.2) is 18.2 Å². The van der Waals surface area contributed by atoms with Crippen molar-refractivity contribution in [2.45, 2.75) is 26.7 Å². The summed E-state index contributed by atoms with van der Waals surface area (Å²) in [5, 5.41) is 16.5. The quantitative estimate of drug-likeness (QED) is 0.585. The molecule has 19 heavy (non-hydrogen) atoms. The summed E-state index contributed by atoms with van der Waals surface area (Å²) in [6.07, 6.45) is 1.30. The Morgan fingerprint density at radius 1 is 1.37 bits per heavy atom. The normalized spacial score (nSPS) is 10.0. The third kappa shape index (κ3) is 4.95. The first-order valence-corrected chi connectivity index (χ1v) is 6.30. The summed E-state index contributed by atoms with van der Waals surface area (Å²) in [5.41, 5.74) is 1.68. The van der Waals surface area contributed by atoms with Crippen molar-refractivity contribution in [2.24, 2.45) is 0 Å². The van der Waals surface area contributed by atoms with E-state index in [4.69, 9.17) is 0 Å². The average molecular weight is 265 g/mol. The summed E-state index contributed by atoms with van der Waals surface area (Å²) >= 11 is 0. The molecule has 2 N–H and O–H groups in total. The molecule has 0 saturated carbocycles. The summed E-state index contributed by atoms with van der Waals surface area (Å²) in [6, 6.07) is 4.63. The Labute approximate surface area is 112 Å². The van der Waals surface area contributed by atoms with Crippen LogP contribution in [0.2, 0.25) is 0 Å². The Morgan fingerprint density at radius 3 is 2.68 bits per heavy atom. The number of hydrogen-bond donors (Lipinski definition) is 2. The second-order valence-electron chi connectivity index (χ2n) is 4.28. The van der Waals surface area contributed by atoms with Crippen LogP contribution in [0.4, 0.5) is 11.4 Å². The summed E-state index contributed by atoms with van der Waals surface area (Å²) in [4.78, 5) is 21.6. The van der Waals surface area contributed by atoms with Crippen molar-refractivity contribution in [3.63, 3.8) is 0 Å². The maximum absolute atomic E-state index is 11.4. The van der Waals surface area contributed by atoms with Crippen LogP contribution in [-0.2, 0) is 4.79 Å². The maximum atomic E-state index is 11.4. The molecule has 6 nitrogen and oxygen atoms in total. The Morgan fingerprint density at radius 2 is 2.11 bits per heavy atom. The van der Waals surface area contributed by atoms with Crippen molar-refractivity contribution in [3.8, 4) is 0 Å². The zero-order valence-corrected chi connectivity index (χ0v) is 11.2. The zero-order chi connectivity index (χ0) is 14.3. The number of amides is 1. The number of benzene rings is 1. The number of nitro benzene ring substituents is 1. The predicted octanol–water partition coefficient (Wildman–Crippen LogP) is 2.23. The van der Waals surface area contributed by atoms with E-state index < -0.39 is 4.92 Å². The molecule has 0 saturated heterocycles. The smallest absolute Gasteiger partial charge is 0.269 e. The van der Waals surface area contributed by atoms with Crippen LogP contribution >= 0.6 is 0 Å². The van der Waals surface area contributed by atoms with Gasteiger partial charge in [0.05, 0.1) is 4.92 Å². The molecule has 0 heterocycles. The number of carbonyl (C=O) groups is 1. The molecule has 1 aromatic rings. The van der Waals surface area contributed by atoms with Crippen molar-refractivity contribution >= 4 is 17.3 Å². The molecule has 0 aliphatic carbocycles. The highest BCUT2D eigenvalue weighted by Gasteiger charge is 2.08. The van der Waals surface area contributed by atoms with Crippen LogP contribution in [0.3, 0.4) is 0 Å². The third-order valence-electron chi connectivity index (χ3n) is 2.66. The van der Waals surface area contributed by atoms with Gasteiger partial charge in [-0.3, -0.25) is 14.9 Å². The van der Waals surface area contributed by atoms with Crippen LogP contribution in [0.1, 0.15) is 25.3 Å². The van der Waals surface area contributed by atoms with Gasteiger partial charge >= 0.3 is 0 Å². The number of hydrogen-bond acceptors (Lipinski definition) is 4. The number of carbonyl (C=O) groups excluding carboxylic acids is 1. The largest absolute Gasteiger partial charge is 0.384 e. The molecule has 0 atom stereocenters. The second kappa shape index (κ2) is 7.35. The molecule has 0 aromatic heterocycles. The van der Waals surface area contributed by atoms with E-state index >= 15 is 0 Å². The molecule has 1 aromatic carbocycles. The average Bonchev–Trinajstić information content (AvgIpc) is 2.38. The number of anilines is 1. The molecule has 6 heteroatoms. The first-order valence-electron chi connectivity index (χ1n) is 6.30. The Hall–Kier alpha value is -2.11. The van der Waals surface area contributed by atoms with Gasteiger partial charge in [-0.15, -0.1) is 0 Å². The first-order chi connectivity index (χ1) is 9.04. The lowest BCUT2D eigenvalue weighted by molar-refractivity contribution is -0.384. The number of rotatable bonds is 7. The molecule has 0 spiro atoms. The molecule has 1 rings (SSSR count). The van der Waals surface area contributed by atoms with E-state index in [1.165, 1.54) is 12.1 Å². The summed E-state index contributed by atoms with van der Waals surface area (Å²) in [5.74, 6) is 0.00825. The highest BCUT2D eigenvalue weighted by atomic mass is 16.6. The van der Waals surface area contributed by atoms with Gasteiger partial charge in [-0.25, -0.2) is 0 Å². The lowest BCUT2D eigenvalue weighted by atomic mass is 10.2. The standard InChI is InChI=1S/C13H19N3O3/c1-3-7-15-13(17)6-8-14-12-5-4-11(16(18)19)9-10(12)2/h4-5,9,14H,3,6-8H2,1-2H3,(H,15,17). The number of aryl methyl sites for hydroxylation is 1. The van der Waals surface area contributed by atoms with E-state index in [0.29, 0.717) is 19.5 Å². The fraction of sp³-hybridized carbons (Fsp3) is 0.462. The van der Waals surface area contributed by atoms with Crippen LogP contribution < -0.4 is 10.6 Å². The Bertz CT molecular complexity index is 460. The van der Waals surface area contributed by atoms with Gasteiger partial charge in [0.15, 0.2) is 0 Å². The van der Waals surface area contributed by atoms with Crippen molar-refractivity contribution in [2.75, 3.05) is 18.4 Å². The predicted molar refractivity (Wildman–Crippen MR) is 74.2 cm³/mol. The van der Waals surface area contributed by atoms with Gasteiger partial charge in [-0.2, -0.15) is 0 Å². The molecule has 0 bridgehead atoms. The summed E-state index contributed by atoms with van der Waals surface area (Å²) < 4.78 is 0. The Balaban J connectivity index is 2.45. The van der Waals surface area contributed by atoms with Crippen LogP contribution in [0.25, 0.3) is 0 Å². The van der Waals surface area contributed by atoms with E-state index in [-0.39, 0.29) is 11.6 Å². The van der Waals surface area contributed by atoms with Gasteiger partial charge in [-0.05, 0) is 25.0 Å². The molecule has 0 unspecified atom stereocenters. The van der Waals surface area contributed by atoms with E-state index in [1.54, 1.807) is 13.0 Å². The lowest BCUT2D eigenvalue weighted by Gasteiger charge is -2.09. The lowest BCUT2D eigenvalue weighted by Crippen LogP contribution is -2.25. The molecular formula is C13H19N3O3. The topological polar surface area (TPSA) is 84.3 Å². The second-order valence-corrected chi connectivity index (χ2v) is 4.28. The SMILES string of the molecule is CCCNC(=O)CCNc1ccc([N+](=O)[O-])cc1C. The van der Waals surface area contributed by atoms with Crippen molar-refractivity contribution < 1.29 is 9.72 Å².